The van der Waals surface area contributed by atoms with Crippen LogP contribution >= 0.6 is 27.3 Å². The molecule has 0 saturated carbocycles. The number of thiophene rings is 1. The van der Waals surface area contributed by atoms with Crippen LogP contribution in [-0.4, -0.2) is 17.0 Å². The monoisotopic (exact) mass is 491 g/mol. The lowest BCUT2D eigenvalue weighted by atomic mass is 10.1. The fraction of sp³-hybridized carbons (Fsp3) is 0.0476. The third kappa shape index (κ3) is 3.50. The van der Waals surface area contributed by atoms with E-state index in [-0.39, 0.29) is 31.9 Å². The first kappa shape index (κ1) is 20.2. The van der Waals surface area contributed by atoms with Crippen LogP contribution in [0.3, 0.4) is 0 Å². The van der Waals surface area contributed by atoms with Crippen LogP contribution in [0.25, 0.3) is 21.4 Å². The third-order valence-electron chi connectivity index (χ3n) is 4.43. The molecule has 30 heavy (non-hydrogen) atoms. The van der Waals surface area contributed by atoms with Gasteiger partial charge in [-0.25, -0.2) is 13.6 Å². The largest absolute Gasteiger partial charge is 0.478 e. The molecule has 2 aromatic carbocycles. The summed E-state index contributed by atoms with van der Waals surface area (Å²) in [6.07, 6.45) is 0. The second-order valence-electron chi connectivity index (χ2n) is 6.49. The van der Waals surface area contributed by atoms with Crippen LogP contribution < -0.4 is 5.32 Å². The Morgan fingerprint density at radius 1 is 1.13 bits per heavy atom. The molecule has 0 aliphatic carbocycles. The van der Waals surface area contributed by atoms with Crippen molar-refractivity contribution in [3.8, 4) is 10.4 Å². The van der Waals surface area contributed by atoms with Gasteiger partial charge in [0.1, 0.15) is 11.1 Å². The van der Waals surface area contributed by atoms with Gasteiger partial charge >= 0.3 is 5.97 Å². The van der Waals surface area contributed by atoms with Crippen molar-refractivity contribution >= 4 is 55.8 Å². The zero-order valence-corrected chi connectivity index (χ0v) is 17.7. The number of aromatic carboxylic acids is 1. The molecule has 0 spiro atoms. The number of hydrogen-bond donors (Lipinski definition) is 2. The van der Waals surface area contributed by atoms with Crippen molar-refractivity contribution in [2.45, 2.75) is 6.92 Å². The van der Waals surface area contributed by atoms with E-state index in [0.717, 1.165) is 22.3 Å². The van der Waals surface area contributed by atoms with Gasteiger partial charge in [-0.1, -0.05) is 12.1 Å². The maximum Gasteiger partial charge on any atom is 0.339 e. The number of nitrogens with one attached hydrogen (secondary N) is 1. The van der Waals surface area contributed by atoms with Gasteiger partial charge in [0.25, 0.3) is 5.91 Å². The van der Waals surface area contributed by atoms with Gasteiger partial charge in [-0.05, 0) is 52.7 Å². The van der Waals surface area contributed by atoms with E-state index >= 15 is 0 Å². The number of carbonyl (C=O) groups excluding carboxylic acids is 1. The van der Waals surface area contributed by atoms with Gasteiger partial charge in [0.15, 0.2) is 17.4 Å². The molecule has 0 radical (unpaired) electrons. The second kappa shape index (κ2) is 7.66. The molecule has 4 aromatic rings. The van der Waals surface area contributed by atoms with E-state index in [9.17, 15) is 23.5 Å². The van der Waals surface area contributed by atoms with Crippen molar-refractivity contribution in [3.63, 3.8) is 0 Å². The third-order valence-corrected chi connectivity index (χ3v) is 6.06. The summed E-state index contributed by atoms with van der Waals surface area (Å²) in [5.74, 6) is -4.34. The standard InChI is InChI=1S/C21H12BrF2NO4S/c1-9-2-3-10-7-15(29-14(10)6-9)20(26)25-13-8-30-19(16(13)21(27)28)11-4-5-12(22)18(24)17(11)23/h2-8H,1H3,(H,25,26)(H,27,28). The van der Waals surface area contributed by atoms with Gasteiger partial charge in [0.05, 0.1) is 15.0 Å². The van der Waals surface area contributed by atoms with Crippen LogP contribution in [0.4, 0.5) is 14.5 Å². The van der Waals surface area contributed by atoms with Crippen molar-refractivity contribution in [1.82, 2.24) is 0 Å². The molecule has 0 bridgehead atoms. The zero-order valence-electron chi connectivity index (χ0n) is 15.3. The fourth-order valence-electron chi connectivity index (χ4n) is 3.00. The van der Waals surface area contributed by atoms with Crippen LogP contribution in [0.5, 0.6) is 0 Å². The van der Waals surface area contributed by atoms with Crippen molar-refractivity contribution in [2.24, 2.45) is 0 Å². The Labute approximate surface area is 181 Å². The van der Waals surface area contributed by atoms with Gasteiger partial charge in [-0.2, -0.15) is 0 Å². The number of rotatable bonds is 4. The van der Waals surface area contributed by atoms with Crippen LogP contribution in [0, 0.1) is 18.6 Å². The molecule has 0 fully saturated rings. The summed E-state index contributed by atoms with van der Waals surface area (Å²) in [5.41, 5.74) is 0.908. The molecule has 5 nitrogen and oxygen atoms in total. The normalized spacial score (nSPS) is 11.1. The maximum atomic E-state index is 14.4. The highest BCUT2D eigenvalue weighted by Crippen LogP contribution is 2.39. The summed E-state index contributed by atoms with van der Waals surface area (Å²) in [6.45, 7) is 1.89. The molecule has 2 N–H and O–H groups in total. The number of carboxylic acids is 1. The minimum atomic E-state index is -1.38. The van der Waals surface area contributed by atoms with Crippen molar-refractivity contribution < 1.29 is 27.9 Å². The Kier molecular flexibility index (Phi) is 5.17. The second-order valence-corrected chi connectivity index (χ2v) is 8.22. The number of aryl methyl sites for hydroxylation is 1. The topological polar surface area (TPSA) is 79.5 Å². The van der Waals surface area contributed by atoms with Crippen LogP contribution in [0.15, 0.2) is 50.7 Å². The first-order valence-corrected chi connectivity index (χ1v) is 10.2. The van der Waals surface area contributed by atoms with E-state index in [1.165, 1.54) is 17.5 Å². The molecule has 0 aliphatic rings. The molecule has 9 heteroatoms. The smallest absolute Gasteiger partial charge is 0.339 e. The van der Waals surface area contributed by atoms with Crippen molar-refractivity contribution in [1.29, 1.82) is 0 Å². The summed E-state index contributed by atoms with van der Waals surface area (Å²) in [5, 5.41) is 14.2. The Bertz CT molecular complexity index is 1330. The number of carbonyl (C=O) groups is 2. The Morgan fingerprint density at radius 3 is 2.63 bits per heavy atom. The molecule has 0 aliphatic heterocycles. The van der Waals surface area contributed by atoms with Gasteiger partial charge in [0, 0.05) is 16.3 Å². The average molecular weight is 492 g/mol. The molecular formula is C21H12BrF2NO4S. The molecule has 4 rings (SSSR count). The minimum Gasteiger partial charge on any atom is -0.478 e. The number of amides is 1. The lowest BCUT2D eigenvalue weighted by Crippen LogP contribution is -2.13. The van der Waals surface area contributed by atoms with Crippen LogP contribution in [-0.2, 0) is 0 Å². The van der Waals surface area contributed by atoms with Gasteiger partial charge in [0.2, 0.25) is 0 Å². The summed E-state index contributed by atoms with van der Waals surface area (Å²) in [4.78, 5) is 24.5. The Balaban J connectivity index is 1.72. The highest BCUT2D eigenvalue weighted by atomic mass is 79.9. The van der Waals surface area contributed by atoms with Crippen LogP contribution in [0.1, 0.15) is 26.5 Å². The summed E-state index contributed by atoms with van der Waals surface area (Å²) >= 11 is 3.77. The Morgan fingerprint density at radius 2 is 1.90 bits per heavy atom. The quantitative estimate of drug-likeness (QED) is 0.321. The predicted molar refractivity (Wildman–Crippen MR) is 113 cm³/mol. The van der Waals surface area contributed by atoms with Crippen LogP contribution in [0.2, 0.25) is 0 Å². The lowest BCUT2D eigenvalue weighted by Gasteiger charge is -2.07. The van der Waals surface area contributed by atoms with Gasteiger partial charge in [-0.3, -0.25) is 4.79 Å². The molecule has 152 valence electrons. The summed E-state index contributed by atoms with van der Waals surface area (Å²) < 4.78 is 33.8. The first-order valence-electron chi connectivity index (χ1n) is 8.56. The van der Waals surface area contributed by atoms with E-state index in [2.05, 4.69) is 21.2 Å². The maximum absolute atomic E-state index is 14.4. The molecule has 0 atom stereocenters. The predicted octanol–water partition coefficient (Wildman–Crippen LogP) is 6.46. The number of carboxylic acid groups (broad SMARTS) is 1. The highest BCUT2D eigenvalue weighted by Gasteiger charge is 2.25. The molecule has 1 amide bonds. The molecule has 0 unspecified atom stereocenters. The molecular weight excluding hydrogens is 480 g/mol. The average Bonchev–Trinajstić information content (AvgIpc) is 3.30. The fourth-order valence-corrected chi connectivity index (χ4v) is 4.31. The Hall–Kier alpha value is -3.04. The van der Waals surface area contributed by atoms with Crippen molar-refractivity contribution in [2.75, 3.05) is 5.32 Å². The number of hydrogen-bond acceptors (Lipinski definition) is 4. The van der Waals surface area contributed by atoms with E-state index < -0.39 is 23.5 Å². The number of furan rings is 1. The van der Waals surface area contributed by atoms with E-state index in [1.54, 1.807) is 18.2 Å². The number of fused-ring (bicyclic) bond motifs is 1. The van der Waals surface area contributed by atoms with Crippen molar-refractivity contribution in [3.05, 3.63) is 74.8 Å². The number of anilines is 1. The number of halogens is 3. The lowest BCUT2D eigenvalue weighted by molar-refractivity contribution is 0.0699. The molecule has 2 aromatic heterocycles. The van der Waals surface area contributed by atoms with E-state index in [4.69, 9.17) is 4.42 Å². The molecule has 0 saturated heterocycles. The van der Waals surface area contributed by atoms with E-state index in [1.807, 2.05) is 13.0 Å². The summed E-state index contributed by atoms with van der Waals surface area (Å²) in [7, 11) is 0. The first-order chi connectivity index (χ1) is 14.3. The molecule has 2 heterocycles. The summed E-state index contributed by atoms with van der Waals surface area (Å²) in [6, 6.07) is 9.56. The minimum absolute atomic E-state index is 0.000514. The zero-order chi connectivity index (χ0) is 21.6. The SMILES string of the molecule is Cc1ccc2cc(C(=O)Nc3csc(-c4ccc(Br)c(F)c4F)c3C(=O)O)oc2c1. The van der Waals surface area contributed by atoms with Gasteiger partial charge < -0.3 is 14.8 Å². The number of benzene rings is 2. The van der Waals surface area contributed by atoms with Gasteiger partial charge in [-0.15, -0.1) is 11.3 Å². The highest BCUT2D eigenvalue weighted by molar-refractivity contribution is 9.10. The van der Waals surface area contributed by atoms with E-state index in [0.29, 0.717) is 5.58 Å².